The SMILES string of the molecule is C(CC1CC2OC2C1)CC1CC2OC2C1. The van der Waals surface area contributed by atoms with E-state index in [1.165, 1.54) is 44.9 Å². The van der Waals surface area contributed by atoms with Gasteiger partial charge in [0.1, 0.15) is 0 Å². The van der Waals surface area contributed by atoms with E-state index in [0.29, 0.717) is 24.4 Å². The molecule has 0 bridgehead atoms. The van der Waals surface area contributed by atoms with Crippen LogP contribution in [0.4, 0.5) is 0 Å². The summed E-state index contributed by atoms with van der Waals surface area (Å²) in [5.74, 6) is 2.00. The average molecular weight is 208 g/mol. The monoisotopic (exact) mass is 208 g/mol. The van der Waals surface area contributed by atoms with Gasteiger partial charge in [-0.1, -0.05) is 19.3 Å². The van der Waals surface area contributed by atoms with Gasteiger partial charge in [0.2, 0.25) is 0 Å². The molecule has 4 fully saturated rings. The van der Waals surface area contributed by atoms with E-state index in [1.54, 1.807) is 0 Å². The van der Waals surface area contributed by atoms with Gasteiger partial charge in [-0.15, -0.1) is 0 Å². The summed E-state index contributed by atoms with van der Waals surface area (Å²) in [6.07, 6.45) is 12.6. The van der Waals surface area contributed by atoms with Gasteiger partial charge < -0.3 is 9.47 Å². The Balaban J connectivity index is 1.16. The minimum atomic E-state index is 0.683. The minimum Gasteiger partial charge on any atom is -0.370 e. The standard InChI is InChI=1S/C13H20O2/c1(2-8-4-10-11(5-8)14-10)3-9-6-12-13(7-9)15-12/h8-13H,1-7H2. The maximum absolute atomic E-state index is 5.47. The smallest absolute Gasteiger partial charge is 0.0844 e. The molecule has 4 atom stereocenters. The third-order valence-electron chi connectivity index (χ3n) is 4.86. The predicted molar refractivity (Wildman–Crippen MR) is 56.6 cm³/mol. The number of hydrogen-bond donors (Lipinski definition) is 0. The van der Waals surface area contributed by atoms with Crippen LogP contribution >= 0.6 is 0 Å². The minimum absolute atomic E-state index is 0.683. The normalized spacial score (nSPS) is 55.2. The van der Waals surface area contributed by atoms with Crippen molar-refractivity contribution in [3.05, 3.63) is 0 Å². The van der Waals surface area contributed by atoms with Crippen LogP contribution in [0.3, 0.4) is 0 Å². The maximum Gasteiger partial charge on any atom is 0.0844 e. The highest BCUT2D eigenvalue weighted by Gasteiger charge is 2.48. The lowest BCUT2D eigenvalue weighted by Gasteiger charge is -2.14. The van der Waals surface area contributed by atoms with E-state index in [2.05, 4.69) is 0 Å². The van der Waals surface area contributed by atoms with Crippen molar-refractivity contribution >= 4 is 0 Å². The third-order valence-corrected chi connectivity index (χ3v) is 4.86. The summed E-state index contributed by atoms with van der Waals surface area (Å²) < 4.78 is 10.9. The fourth-order valence-corrected chi connectivity index (χ4v) is 3.86. The van der Waals surface area contributed by atoms with E-state index >= 15 is 0 Å². The highest BCUT2D eigenvalue weighted by atomic mass is 16.6. The Hall–Kier alpha value is -0.0800. The first-order valence-corrected chi connectivity index (χ1v) is 6.69. The second kappa shape index (κ2) is 3.21. The van der Waals surface area contributed by atoms with E-state index in [-0.39, 0.29) is 0 Å². The molecule has 2 aliphatic carbocycles. The number of ether oxygens (including phenoxy) is 2. The summed E-state index contributed by atoms with van der Waals surface area (Å²) in [5, 5.41) is 0. The Bertz CT molecular complexity index is 219. The zero-order valence-corrected chi connectivity index (χ0v) is 9.23. The molecule has 2 saturated carbocycles. The van der Waals surface area contributed by atoms with E-state index in [0.717, 1.165) is 11.8 Å². The van der Waals surface area contributed by atoms with Crippen molar-refractivity contribution in [2.24, 2.45) is 11.8 Å². The van der Waals surface area contributed by atoms with Crippen LogP contribution in [0.15, 0.2) is 0 Å². The quantitative estimate of drug-likeness (QED) is 0.663. The lowest BCUT2D eigenvalue weighted by Crippen LogP contribution is -2.03. The molecule has 4 unspecified atom stereocenters. The van der Waals surface area contributed by atoms with Crippen LogP contribution < -0.4 is 0 Å². The van der Waals surface area contributed by atoms with Crippen LogP contribution in [0.5, 0.6) is 0 Å². The Morgan fingerprint density at radius 2 is 1.07 bits per heavy atom. The second-order valence-electron chi connectivity index (χ2n) is 6.03. The fraction of sp³-hybridized carbons (Fsp3) is 1.00. The lowest BCUT2D eigenvalue weighted by molar-refractivity contribution is 0.243. The van der Waals surface area contributed by atoms with Crippen LogP contribution in [0.2, 0.25) is 0 Å². The van der Waals surface area contributed by atoms with Crippen molar-refractivity contribution in [2.45, 2.75) is 69.4 Å². The summed E-state index contributed by atoms with van der Waals surface area (Å²) in [4.78, 5) is 0. The maximum atomic E-state index is 5.47. The van der Waals surface area contributed by atoms with Gasteiger partial charge in [0.15, 0.2) is 0 Å². The first-order chi connectivity index (χ1) is 7.38. The molecule has 2 heteroatoms. The number of fused-ring (bicyclic) bond motifs is 2. The zero-order chi connectivity index (χ0) is 9.83. The number of epoxide rings is 2. The van der Waals surface area contributed by atoms with E-state index in [9.17, 15) is 0 Å². The first kappa shape index (κ1) is 9.00. The van der Waals surface area contributed by atoms with Gasteiger partial charge in [-0.2, -0.15) is 0 Å². The van der Waals surface area contributed by atoms with Crippen molar-refractivity contribution in [3.63, 3.8) is 0 Å². The highest BCUT2D eigenvalue weighted by Crippen LogP contribution is 2.46. The Labute approximate surface area is 91.3 Å². The van der Waals surface area contributed by atoms with Gasteiger partial charge >= 0.3 is 0 Å². The molecule has 2 heterocycles. The predicted octanol–water partition coefficient (Wildman–Crippen LogP) is 2.51. The summed E-state index contributed by atoms with van der Waals surface area (Å²) in [7, 11) is 0. The first-order valence-electron chi connectivity index (χ1n) is 6.69. The lowest BCUT2D eigenvalue weighted by atomic mass is 9.94. The van der Waals surface area contributed by atoms with Crippen molar-refractivity contribution in [1.82, 2.24) is 0 Å². The molecule has 2 saturated heterocycles. The molecular formula is C13H20O2. The number of rotatable bonds is 4. The van der Waals surface area contributed by atoms with Gasteiger partial charge in [0.25, 0.3) is 0 Å². The molecule has 0 N–H and O–H groups in total. The summed E-state index contributed by atoms with van der Waals surface area (Å²) in [5.41, 5.74) is 0. The Morgan fingerprint density at radius 3 is 1.47 bits per heavy atom. The molecule has 0 radical (unpaired) electrons. The van der Waals surface area contributed by atoms with Gasteiger partial charge in [-0.3, -0.25) is 0 Å². The van der Waals surface area contributed by atoms with E-state index < -0.39 is 0 Å². The molecule has 2 nitrogen and oxygen atoms in total. The van der Waals surface area contributed by atoms with Crippen LogP contribution in [-0.2, 0) is 9.47 Å². The van der Waals surface area contributed by atoms with Crippen LogP contribution in [0.25, 0.3) is 0 Å². The summed E-state index contributed by atoms with van der Waals surface area (Å²) in [6, 6.07) is 0. The van der Waals surface area contributed by atoms with Gasteiger partial charge in [-0.25, -0.2) is 0 Å². The van der Waals surface area contributed by atoms with Gasteiger partial charge in [-0.05, 0) is 37.5 Å². The molecule has 0 aromatic heterocycles. The summed E-state index contributed by atoms with van der Waals surface area (Å²) in [6.45, 7) is 0. The van der Waals surface area contributed by atoms with Crippen LogP contribution in [0.1, 0.15) is 44.9 Å². The molecule has 2 aliphatic heterocycles. The molecule has 4 rings (SSSR count). The van der Waals surface area contributed by atoms with Crippen LogP contribution in [-0.4, -0.2) is 24.4 Å². The van der Waals surface area contributed by atoms with Gasteiger partial charge in [0, 0.05) is 0 Å². The second-order valence-corrected chi connectivity index (χ2v) is 6.03. The Morgan fingerprint density at radius 1 is 0.667 bits per heavy atom. The third kappa shape index (κ3) is 1.72. The largest absolute Gasteiger partial charge is 0.370 e. The summed E-state index contributed by atoms with van der Waals surface area (Å²) >= 11 is 0. The van der Waals surface area contributed by atoms with Crippen molar-refractivity contribution in [2.75, 3.05) is 0 Å². The van der Waals surface area contributed by atoms with E-state index in [4.69, 9.17) is 9.47 Å². The zero-order valence-electron chi connectivity index (χ0n) is 9.23. The molecule has 15 heavy (non-hydrogen) atoms. The van der Waals surface area contributed by atoms with E-state index in [1.807, 2.05) is 0 Å². The molecule has 0 aromatic carbocycles. The average Bonchev–Trinajstić information content (AvgIpc) is 3.06. The molecule has 4 aliphatic rings. The molecular weight excluding hydrogens is 188 g/mol. The topological polar surface area (TPSA) is 25.1 Å². The van der Waals surface area contributed by atoms with Crippen molar-refractivity contribution < 1.29 is 9.47 Å². The Kier molecular flexibility index (Phi) is 1.92. The molecule has 0 aromatic rings. The van der Waals surface area contributed by atoms with Crippen molar-refractivity contribution in [3.8, 4) is 0 Å². The molecule has 0 spiro atoms. The fourth-order valence-electron chi connectivity index (χ4n) is 3.86. The number of hydrogen-bond acceptors (Lipinski definition) is 2. The van der Waals surface area contributed by atoms with Crippen LogP contribution in [0, 0.1) is 11.8 Å². The van der Waals surface area contributed by atoms with Crippen molar-refractivity contribution in [1.29, 1.82) is 0 Å². The molecule has 84 valence electrons. The highest BCUT2D eigenvalue weighted by molar-refractivity contribution is 4.97. The molecule has 0 amide bonds. The van der Waals surface area contributed by atoms with Gasteiger partial charge in [0.05, 0.1) is 24.4 Å².